The minimum atomic E-state index is -0.537. The van der Waals surface area contributed by atoms with E-state index in [1.54, 1.807) is 13.8 Å². The van der Waals surface area contributed by atoms with Crippen molar-refractivity contribution in [2.75, 3.05) is 6.61 Å². The molecule has 122 valence electrons. The number of carbonyl (C=O) groups excluding carboxylic acids is 1. The lowest BCUT2D eigenvalue weighted by Gasteiger charge is -2.16. The summed E-state index contributed by atoms with van der Waals surface area (Å²) in [7, 11) is 0. The Kier molecular flexibility index (Phi) is 5.15. The monoisotopic (exact) mass is 311 g/mol. The van der Waals surface area contributed by atoms with Gasteiger partial charge in [-0.1, -0.05) is 0 Å². The van der Waals surface area contributed by atoms with E-state index >= 15 is 0 Å². The molecule has 3 N–H and O–H groups in total. The molecule has 0 radical (unpaired) electrons. The number of rotatable bonds is 5. The zero-order valence-electron chi connectivity index (χ0n) is 12.7. The summed E-state index contributed by atoms with van der Waals surface area (Å²) in [4.78, 5) is 36.9. The van der Waals surface area contributed by atoms with Crippen molar-refractivity contribution in [3.8, 4) is 0 Å². The van der Waals surface area contributed by atoms with Crippen LogP contribution in [0.15, 0.2) is 15.8 Å². The van der Waals surface area contributed by atoms with Crippen LogP contribution in [0.3, 0.4) is 0 Å². The topological polar surface area (TPSA) is 116 Å². The van der Waals surface area contributed by atoms with Crippen LogP contribution in [-0.4, -0.2) is 34.3 Å². The lowest BCUT2D eigenvalue weighted by Crippen LogP contribution is -2.33. The third-order valence-corrected chi connectivity index (χ3v) is 3.68. The van der Waals surface area contributed by atoms with Gasteiger partial charge in [-0.2, -0.15) is 0 Å². The van der Waals surface area contributed by atoms with E-state index < -0.39 is 17.5 Å². The Morgan fingerprint density at radius 2 is 2.27 bits per heavy atom. The van der Waals surface area contributed by atoms with Gasteiger partial charge in [-0.3, -0.25) is 19.1 Å². The SMILES string of the molecule is CCOC(=O)CC[C@H]1O[C@@H](n2cc(C)c(=O)[nH]c2=O)CC1N. The van der Waals surface area contributed by atoms with Crippen LogP contribution >= 0.6 is 0 Å². The van der Waals surface area contributed by atoms with Crippen LogP contribution in [0.5, 0.6) is 0 Å². The summed E-state index contributed by atoms with van der Waals surface area (Å²) in [5.74, 6) is -0.293. The average Bonchev–Trinajstić information content (AvgIpc) is 2.82. The minimum absolute atomic E-state index is 0.221. The van der Waals surface area contributed by atoms with E-state index in [0.29, 0.717) is 25.0 Å². The molecule has 0 spiro atoms. The van der Waals surface area contributed by atoms with Gasteiger partial charge in [-0.05, 0) is 20.3 Å². The van der Waals surface area contributed by atoms with Crippen LogP contribution in [0.2, 0.25) is 0 Å². The van der Waals surface area contributed by atoms with E-state index in [9.17, 15) is 14.4 Å². The second-order valence-corrected chi connectivity index (χ2v) is 5.35. The number of aromatic amines is 1. The first-order chi connectivity index (χ1) is 10.4. The molecular formula is C14H21N3O5. The lowest BCUT2D eigenvalue weighted by atomic mass is 10.1. The molecule has 1 saturated heterocycles. The number of nitrogens with zero attached hydrogens (tertiary/aromatic N) is 1. The molecule has 0 aromatic carbocycles. The molecule has 2 rings (SSSR count). The number of hydrogen-bond acceptors (Lipinski definition) is 6. The second-order valence-electron chi connectivity index (χ2n) is 5.35. The molecule has 0 aliphatic carbocycles. The number of esters is 1. The number of aromatic nitrogens is 2. The molecule has 0 saturated carbocycles. The fourth-order valence-corrected chi connectivity index (χ4v) is 2.50. The van der Waals surface area contributed by atoms with Crippen LogP contribution < -0.4 is 17.0 Å². The zero-order valence-corrected chi connectivity index (χ0v) is 12.7. The standard InChI is InChI=1S/C14H21N3O5/c1-3-21-12(18)5-4-10-9(15)6-11(22-10)17-7-8(2)13(19)16-14(17)20/h7,9-11H,3-6,15H2,1-2H3,(H,16,19,20)/t9?,10-,11-/m1/s1. The molecule has 1 unspecified atom stereocenters. The van der Waals surface area contributed by atoms with Crippen molar-refractivity contribution in [2.45, 2.75) is 51.5 Å². The smallest absolute Gasteiger partial charge is 0.330 e. The molecule has 0 bridgehead atoms. The van der Waals surface area contributed by atoms with Crippen LogP contribution in [0.25, 0.3) is 0 Å². The number of hydrogen-bond donors (Lipinski definition) is 2. The predicted octanol–water partition coefficient (Wildman–Crippen LogP) is -0.197. The van der Waals surface area contributed by atoms with Gasteiger partial charge in [0.1, 0.15) is 6.23 Å². The van der Waals surface area contributed by atoms with E-state index in [-0.39, 0.29) is 24.5 Å². The maximum absolute atomic E-state index is 11.9. The number of nitrogens with one attached hydrogen (secondary N) is 1. The van der Waals surface area contributed by atoms with Gasteiger partial charge in [-0.15, -0.1) is 0 Å². The summed E-state index contributed by atoms with van der Waals surface area (Å²) in [5, 5.41) is 0. The van der Waals surface area contributed by atoms with Crippen molar-refractivity contribution in [2.24, 2.45) is 5.73 Å². The average molecular weight is 311 g/mol. The van der Waals surface area contributed by atoms with Crippen molar-refractivity contribution in [1.29, 1.82) is 0 Å². The first kappa shape index (κ1) is 16.4. The zero-order chi connectivity index (χ0) is 16.3. The van der Waals surface area contributed by atoms with Crippen molar-refractivity contribution >= 4 is 5.97 Å². The number of aryl methyl sites for hydroxylation is 1. The maximum atomic E-state index is 11.9. The van der Waals surface area contributed by atoms with Crippen LogP contribution in [-0.2, 0) is 14.3 Å². The molecular weight excluding hydrogens is 290 g/mol. The van der Waals surface area contributed by atoms with Crippen LogP contribution in [0, 0.1) is 6.92 Å². The second kappa shape index (κ2) is 6.89. The van der Waals surface area contributed by atoms with Gasteiger partial charge >= 0.3 is 11.7 Å². The fraction of sp³-hybridized carbons (Fsp3) is 0.643. The quantitative estimate of drug-likeness (QED) is 0.728. The highest BCUT2D eigenvalue weighted by atomic mass is 16.5. The highest BCUT2D eigenvalue weighted by molar-refractivity contribution is 5.69. The van der Waals surface area contributed by atoms with Crippen LogP contribution in [0.1, 0.15) is 38.0 Å². The van der Waals surface area contributed by atoms with Crippen molar-refractivity contribution in [3.63, 3.8) is 0 Å². The molecule has 1 aromatic heterocycles. The molecule has 8 nitrogen and oxygen atoms in total. The van der Waals surface area contributed by atoms with Gasteiger partial charge in [0.25, 0.3) is 5.56 Å². The first-order valence-corrected chi connectivity index (χ1v) is 7.31. The molecule has 1 aromatic rings. The van der Waals surface area contributed by atoms with Crippen molar-refractivity contribution in [3.05, 3.63) is 32.6 Å². The molecule has 22 heavy (non-hydrogen) atoms. The Morgan fingerprint density at radius 1 is 1.55 bits per heavy atom. The minimum Gasteiger partial charge on any atom is -0.466 e. The number of nitrogens with two attached hydrogens (primary N) is 1. The Bertz CT molecular complexity index is 651. The summed E-state index contributed by atoms with van der Waals surface area (Å²) in [5.41, 5.74) is 5.50. The molecule has 1 aliphatic heterocycles. The van der Waals surface area contributed by atoms with E-state index in [0.717, 1.165) is 0 Å². The van der Waals surface area contributed by atoms with Gasteiger partial charge in [0.2, 0.25) is 0 Å². The molecule has 1 aliphatic rings. The molecule has 1 fully saturated rings. The third-order valence-electron chi connectivity index (χ3n) is 3.68. The van der Waals surface area contributed by atoms with Gasteiger partial charge in [0.05, 0.1) is 12.7 Å². The van der Waals surface area contributed by atoms with E-state index in [1.165, 1.54) is 10.8 Å². The Labute approximate surface area is 127 Å². The number of ether oxygens (including phenoxy) is 2. The lowest BCUT2D eigenvalue weighted by molar-refractivity contribution is -0.144. The number of carbonyl (C=O) groups is 1. The van der Waals surface area contributed by atoms with Crippen molar-refractivity contribution < 1.29 is 14.3 Å². The van der Waals surface area contributed by atoms with Gasteiger partial charge < -0.3 is 15.2 Å². The molecule has 0 amide bonds. The Balaban J connectivity index is 2.04. The largest absolute Gasteiger partial charge is 0.466 e. The summed E-state index contributed by atoms with van der Waals surface area (Å²) in [6.07, 6.45) is 1.70. The fourth-order valence-electron chi connectivity index (χ4n) is 2.50. The summed E-state index contributed by atoms with van der Waals surface area (Å²) in [6.45, 7) is 3.70. The predicted molar refractivity (Wildman–Crippen MR) is 78.4 cm³/mol. The van der Waals surface area contributed by atoms with Gasteiger partial charge in [0.15, 0.2) is 0 Å². The summed E-state index contributed by atoms with van der Waals surface area (Å²) in [6, 6.07) is -0.279. The Morgan fingerprint density at radius 3 is 2.95 bits per heavy atom. The maximum Gasteiger partial charge on any atom is 0.330 e. The van der Waals surface area contributed by atoms with Gasteiger partial charge in [-0.25, -0.2) is 4.79 Å². The molecule has 3 atom stereocenters. The first-order valence-electron chi connectivity index (χ1n) is 7.31. The summed E-state index contributed by atoms with van der Waals surface area (Å²) >= 11 is 0. The van der Waals surface area contributed by atoms with E-state index in [4.69, 9.17) is 15.2 Å². The highest BCUT2D eigenvalue weighted by Crippen LogP contribution is 2.28. The number of H-pyrrole nitrogens is 1. The highest BCUT2D eigenvalue weighted by Gasteiger charge is 2.34. The Hall–Kier alpha value is -1.93. The molecule has 8 heteroatoms. The molecule has 2 heterocycles. The third kappa shape index (κ3) is 3.63. The normalized spacial score (nSPS) is 24.4. The van der Waals surface area contributed by atoms with Crippen LogP contribution in [0.4, 0.5) is 0 Å². The van der Waals surface area contributed by atoms with E-state index in [1.807, 2.05) is 0 Å². The summed E-state index contributed by atoms with van der Waals surface area (Å²) < 4.78 is 12.0. The van der Waals surface area contributed by atoms with E-state index in [2.05, 4.69) is 4.98 Å². The van der Waals surface area contributed by atoms with Crippen molar-refractivity contribution in [1.82, 2.24) is 9.55 Å². The van der Waals surface area contributed by atoms with Gasteiger partial charge in [0, 0.05) is 30.6 Å².